The number of hydrogen-bond acceptors (Lipinski definition) is 4. The van der Waals surface area contributed by atoms with E-state index in [1.807, 2.05) is 0 Å². The molecule has 1 aromatic heterocycles. The van der Waals surface area contributed by atoms with E-state index in [-0.39, 0.29) is 22.5 Å². The predicted molar refractivity (Wildman–Crippen MR) is 57.0 cm³/mol. The van der Waals surface area contributed by atoms with Crippen molar-refractivity contribution >= 4 is 23.3 Å². The van der Waals surface area contributed by atoms with Gasteiger partial charge in [0, 0.05) is 6.07 Å². The van der Waals surface area contributed by atoms with Gasteiger partial charge in [0.05, 0.1) is 11.8 Å². The minimum atomic E-state index is -0.649. The standard InChI is InChI=1S/C9H11ClN2O3/c1-4(2)15-9(14)7-5(11)3-6(13)12-8(7)10/h3-4H,1-2H3,(H3,11,12,13). The fourth-order valence-corrected chi connectivity index (χ4v) is 1.31. The number of aromatic amines is 1. The number of esters is 1. The third kappa shape index (κ3) is 2.73. The van der Waals surface area contributed by atoms with Crippen molar-refractivity contribution < 1.29 is 9.53 Å². The van der Waals surface area contributed by atoms with E-state index in [0.717, 1.165) is 6.07 Å². The summed E-state index contributed by atoms with van der Waals surface area (Å²) in [5.74, 6) is -0.649. The normalized spacial score (nSPS) is 10.4. The number of nitrogens with one attached hydrogen (secondary N) is 1. The van der Waals surface area contributed by atoms with Crippen molar-refractivity contribution in [3.05, 3.63) is 27.1 Å². The maximum atomic E-state index is 11.5. The summed E-state index contributed by atoms with van der Waals surface area (Å²) in [7, 11) is 0. The molecule has 5 nitrogen and oxygen atoms in total. The van der Waals surface area contributed by atoms with Crippen LogP contribution in [-0.4, -0.2) is 17.1 Å². The Labute approximate surface area is 91.2 Å². The highest BCUT2D eigenvalue weighted by Crippen LogP contribution is 2.19. The quantitative estimate of drug-likeness (QED) is 0.590. The van der Waals surface area contributed by atoms with Gasteiger partial charge in [-0.2, -0.15) is 0 Å². The van der Waals surface area contributed by atoms with Crippen LogP contribution in [-0.2, 0) is 4.74 Å². The van der Waals surface area contributed by atoms with Gasteiger partial charge in [-0.15, -0.1) is 0 Å². The lowest BCUT2D eigenvalue weighted by molar-refractivity contribution is 0.0379. The van der Waals surface area contributed by atoms with Crippen LogP contribution in [0.3, 0.4) is 0 Å². The monoisotopic (exact) mass is 230 g/mol. The van der Waals surface area contributed by atoms with Gasteiger partial charge in [0.15, 0.2) is 0 Å². The second kappa shape index (κ2) is 4.35. The van der Waals surface area contributed by atoms with E-state index < -0.39 is 11.5 Å². The fourth-order valence-electron chi connectivity index (χ4n) is 1.03. The summed E-state index contributed by atoms with van der Waals surface area (Å²) in [5, 5.41) is -0.106. The number of aromatic nitrogens is 1. The lowest BCUT2D eigenvalue weighted by Gasteiger charge is -2.10. The summed E-state index contributed by atoms with van der Waals surface area (Å²) in [5.41, 5.74) is 5.03. The van der Waals surface area contributed by atoms with E-state index in [1.165, 1.54) is 0 Å². The highest BCUT2D eigenvalue weighted by atomic mass is 35.5. The van der Waals surface area contributed by atoms with E-state index >= 15 is 0 Å². The first-order valence-corrected chi connectivity index (χ1v) is 4.69. The number of H-pyrrole nitrogens is 1. The molecule has 6 heteroatoms. The molecule has 82 valence electrons. The number of nitrogen functional groups attached to an aromatic ring is 1. The van der Waals surface area contributed by atoms with E-state index in [2.05, 4.69) is 4.98 Å². The third-order valence-corrected chi connectivity index (χ3v) is 1.86. The van der Waals surface area contributed by atoms with Crippen molar-refractivity contribution in [3.8, 4) is 0 Å². The van der Waals surface area contributed by atoms with Gasteiger partial charge in [0.2, 0.25) is 0 Å². The summed E-state index contributed by atoms with van der Waals surface area (Å²) in [4.78, 5) is 24.7. The molecule has 0 amide bonds. The number of rotatable bonds is 2. The van der Waals surface area contributed by atoms with Crippen LogP contribution >= 0.6 is 11.6 Å². The summed E-state index contributed by atoms with van der Waals surface area (Å²) >= 11 is 5.68. The van der Waals surface area contributed by atoms with Crippen molar-refractivity contribution in [1.82, 2.24) is 4.98 Å². The molecule has 0 unspecified atom stereocenters. The molecule has 1 heterocycles. The van der Waals surface area contributed by atoms with Crippen LogP contribution in [0, 0.1) is 0 Å². The second-order valence-corrected chi connectivity index (χ2v) is 3.61. The molecule has 0 aromatic carbocycles. The van der Waals surface area contributed by atoms with E-state index in [9.17, 15) is 9.59 Å². The Balaban J connectivity index is 3.14. The number of carbonyl (C=O) groups is 1. The molecule has 15 heavy (non-hydrogen) atoms. The molecule has 3 N–H and O–H groups in total. The first kappa shape index (κ1) is 11.6. The van der Waals surface area contributed by atoms with Crippen molar-refractivity contribution in [1.29, 1.82) is 0 Å². The minimum Gasteiger partial charge on any atom is -0.459 e. The van der Waals surface area contributed by atoms with E-state index in [4.69, 9.17) is 22.1 Å². The van der Waals surface area contributed by atoms with Gasteiger partial charge in [-0.3, -0.25) is 4.79 Å². The summed E-state index contributed by atoms with van der Waals surface area (Å²) in [6, 6.07) is 1.09. The number of pyridine rings is 1. The Bertz CT molecular complexity index is 413. The number of anilines is 1. The fraction of sp³-hybridized carbons (Fsp3) is 0.333. The number of nitrogens with two attached hydrogens (primary N) is 1. The van der Waals surface area contributed by atoms with Crippen molar-refractivity contribution in [2.24, 2.45) is 0 Å². The first-order valence-electron chi connectivity index (χ1n) is 4.31. The van der Waals surface area contributed by atoms with Crippen LogP contribution in [0.2, 0.25) is 5.15 Å². The third-order valence-electron chi connectivity index (χ3n) is 1.57. The van der Waals surface area contributed by atoms with E-state index in [1.54, 1.807) is 13.8 Å². The van der Waals surface area contributed by atoms with E-state index in [0.29, 0.717) is 0 Å². The molecule has 1 aromatic rings. The van der Waals surface area contributed by atoms with Crippen LogP contribution in [0.5, 0.6) is 0 Å². The molecule has 0 aliphatic rings. The molecular weight excluding hydrogens is 220 g/mol. The number of hydrogen-bond donors (Lipinski definition) is 2. The number of ether oxygens (including phenoxy) is 1. The average molecular weight is 231 g/mol. The van der Waals surface area contributed by atoms with Crippen molar-refractivity contribution in [3.63, 3.8) is 0 Å². The Morgan fingerprint density at radius 2 is 2.20 bits per heavy atom. The van der Waals surface area contributed by atoms with Crippen molar-refractivity contribution in [2.75, 3.05) is 5.73 Å². The predicted octanol–water partition coefficient (Wildman–Crippen LogP) is 1.18. The molecule has 0 aliphatic carbocycles. The molecule has 0 atom stereocenters. The SMILES string of the molecule is CC(C)OC(=O)c1c(N)cc(=O)[nH]c1Cl. The molecular formula is C9H11ClN2O3. The van der Waals surface area contributed by atoms with Crippen molar-refractivity contribution in [2.45, 2.75) is 20.0 Å². The number of carbonyl (C=O) groups excluding carboxylic acids is 1. The lowest BCUT2D eigenvalue weighted by Crippen LogP contribution is -2.17. The molecule has 0 saturated carbocycles. The Kier molecular flexibility index (Phi) is 3.36. The van der Waals surface area contributed by atoms with Gasteiger partial charge >= 0.3 is 5.97 Å². The lowest BCUT2D eigenvalue weighted by atomic mass is 10.2. The van der Waals surface area contributed by atoms with Gasteiger partial charge in [0.25, 0.3) is 5.56 Å². The summed E-state index contributed by atoms with van der Waals surface area (Å²) < 4.78 is 4.91. The Hall–Kier alpha value is -1.49. The van der Waals surface area contributed by atoms with Crippen LogP contribution in [0.4, 0.5) is 5.69 Å². The molecule has 0 bridgehead atoms. The van der Waals surface area contributed by atoms with Gasteiger partial charge in [-0.25, -0.2) is 4.79 Å². The summed E-state index contributed by atoms with van der Waals surface area (Å²) in [6.45, 7) is 3.40. The highest BCUT2D eigenvalue weighted by Gasteiger charge is 2.17. The topological polar surface area (TPSA) is 85.2 Å². The van der Waals surface area contributed by atoms with Crippen LogP contribution in [0.25, 0.3) is 0 Å². The molecule has 0 spiro atoms. The molecule has 0 fully saturated rings. The molecule has 0 aliphatic heterocycles. The van der Waals surface area contributed by atoms with Crippen LogP contribution in [0.1, 0.15) is 24.2 Å². The zero-order valence-electron chi connectivity index (χ0n) is 8.33. The summed E-state index contributed by atoms with van der Waals surface area (Å²) in [6.07, 6.45) is -0.278. The van der Waals surface area contributed by atoms with Gasteiger partial charge < -0.3 is 15.5 Å². The second-order valence-electron chi connectivity index (χ2n) is 3.23. The largest absolute Gasteiger partial charge is 0.459 e. The average Bonchev–Trinajstić information content (AvgIpc) is 1.99. The smallest absolute Gasteiger partial charge is 0.343 e. The van der Waals surface area contributed by atoms with Gasteiger partial charge in [0.1, 0.15) is 10.7 Å². The van der Waals surface area contributed by atoms with Crippen LogP contribution in [0.15, 0.2) is 10.9 Å². The molecule has 0 radical (unpaired) electrons. The maximum absolute atomic E-state index is 11.5. The zero-order chi connectivity index (χ0) is 11.6. The Morgan fingerprint density at radius 3 is 2.67 bits per heavy atom. The first-order chi connectivity index (χ1) is 6.91. The number of halogens is 1. The zero-order valence-corrected chi connectivity index (χ0v) is 9.09. The van der Waals surface area contributed by atoms with Crippen LogP contribution < -0.4 is 11.3 Å². The van der Waals surface area contributed by atoms with Gasteiger partial charge in [-0.05, 0) is 13.8 Å². The highest BCUT2D eigenvalue weighted by molar-refractivity contribution is 6.33. The minimum absolute atomic E-state index is 0.00870. The molecule has 0 saturated heterocycles. The van der Waals surface area contributed by atoms with Gasteiger partial charge in [-0.1, -0.05) is 11.6 Å². The maximum Gasteiger partial charge on any atom is 0.343 e. The Morgan fingerprint density at radius 1 is 1.60 bits per heavy atom. The molecule has 1 rings (SSSR count).